The molecule has 4 aromatic rings. The summed E-state index contributed by atoms with van der Waals surface area (Å²) in [5.74, 6) is 1.44. The maximum atomic E-state index is 9.42. The lowest BCUT2D eigenvalue weighted by molar-refractivity contribution is 0.164. The van der Waals surface area contributed by atoms with Crippen LogP contribution in [0.25, 0.3) is 16.7 Å². The van der Waals surface area contributed by atoms with Gasteiger partial charge in [0.2, 0.25) is 5.88 Å². The lowest BCUT2D eigenvalue weighted by Crippen LogP contribution is -2.38. The molecule has 1 aliphatic heterocycles. The molecule has 0 aliphatic carbocycles. The van der Waals surface area contributed by atoms with Crippen molar-refractivity contribution in [3.8, 4) is 17.6 Å². The Balaban J connectivity index is 1.32. The normalized spacial score (nSPS) is 14.8. The van der Waals surface area contributed by atoms with Crippen LogP contribution in [0.2, 0.25) is 0 Å². The molecule has 0 N–H and O–H groups in total. The van der Waals surface area contributed by atoms with Gasteiger partial charge in [-0.15, -0.1) is 0 Å². The Labute approximate surface area is 184 Å². The standard InChI is InChI=1S/C22H22N8O2/c1-14(2)19-27-22(32-28-19)29-9-7-16(8-10-29)31-21-17-12-26-30(20(17)24-13-25-21)18-6-4-3-5-15(18)11-23/h3-6,12-14,16H,7-10H2,1-2H3. The van der Waals surface area contributed by atoms with Gasteiger partial charge in [0.15, 0.2) is 11.5 Å². The van der Waals surface area contributed by atoms with Crippen LogP contribution in [0.3, 0.4) is 0 Å². The van der Waals surface area contributed by atoms with Crippen molar-refractivity contribution in [2.75, 3.05) is 18.0 Å². The summed E-state index contributed by atoms with van der Waals surface area (Å²) < 4.78 is 13.3. The molecule has 0 spiro atoms. The Hall–Kier alpha value is -4.00. The number of fused-ring (bicyclic) bond motifs is 1. The predicted molar refractivity (Wildman–Crippen MR) is 116 cm³/mol. The van der Waals surface area contributed by atoms with E-state index in [1.807, 2.05) is 32.0 Å². The largest absolute Gasteiger partial charge is 0.474 e. The van der Waals surface area contributed by atoms with Gasteiger partial charge < -0.3 is 14.2 Å². The fourth-order valence-corrected chi connectivity index (χ4v) is 3.76. The Kier molecular flexibility index (Phi) is 5.15. The maximum Gasteiger partial charge on any atom is 0.324 e. The number of piperidine rings is 1. The van der Waals surface area contributed by atoms with E-state index in [1.54, 1.807) is 16.9 Å². The quantitative estimate of drug-likeness (QED) is 0.470. The molecule has 0 amide bonds. The second kappa shape index (κ2) is 8.26. The molecular formula is C22H22N8O2. The van der Waals surface area contributed by atoms with E-state index in [9.17, 15) is 5.26 Å². The van der Waals surface area contributed by atoms with E-state index in [1.165, 1.54) is 6.33 Å². The highest BCUT2D eigenvalue weighted by Gasteiger charge is 2.26. The molecule has 5 rings (SSSR count). The average Bonchev–Trinajstić information content (AvgIpc) is 3.48. The van der Waals surface area contributed by atoms with Crippen molar-refractivity contribution in [2.24, 2.45) is 0 Å². The summed E-state index contributed by atoms with van der Waals surface area (Å²) in [6, 6.07) is 10.0. The van der Waals surface area contributed by atoms with Gasteiger partial charge in [0.05, 0.1) is 17.4 Å². The highest BCUT2D eigenvalue weighted by atomic mass is 16.5. The number of ether oxygens (including phenoxy) is 1. The van der Waals surface area contributed by atoms with E-state index in [-0.39, 0.29) is 12.0 Å². The van der Waals surface area contributed by atoms with Crippen LogP contribution in [-0.2, 0) is 0 Å². The lowest BCUT2D eigenvalue weighted by Gasteiger charge is -2.30. The summed E-state index contributed by atoms with van der Waals surface area (Å²) in [5.41, 5.74) is 1.79. The zero-order chi connectivity index (χ0) is 22.1. The van der Waals surface area contributed by atoms with Crippen molar-refractivity contribution in [1.29, 1.82) is 5.26 Å². The molecule has 162 valence electrons. The van der Waals surface area contributed by atoms with Crippen LogP contribution in [0.15, 0.2) is 41.3 Å². The van der Waals surface area contributed by atoms with E-state index in [0.29, 0.717) is 34.2 Å². The molecule has 32 heavy (non-hydrogen) atoms. The Morgan fingerprint density at radius 3 is 2.75 bits per heavy atom. The molecule has 0 unspecified atom stereocenters. The minimum Gasteiger partial charge on any atom is -0.474 e. The molecule has 1 aromatic carbocycles. The van der Waals surface area contributed by atoms with Gasteiger partial charge in [0.1, 0.15) is 23.9 Å². The summed E-state index contributed by atoms with van der Waals surface area (Å²) in [6.45, 7) is 5.59. The summed E-state index contributed by atoms with van der Waals surface area (Å²) in [7, 11) is 0. The maximum absolute atomic E-state index is 9.42. The molecule has 1 aliphatic rings. The SMILES string of the molecule is CC(C)c1noc(N2CCC(Oc3ncnc4c3cnn4-c3ccccc3C#N)CC2)n1. The first-order valence-corrected chi connectivity index (χ1v) is 10.6. The first-order chi connectivity index (χ1) is 15.6. The Morgan fingerprint density at radius 1 is 1.19 bits per heavy atom. The van der Waals surface area contributed by atoms with Crippen LogP contribution in [0.4, 0.5) is 6.01 Å². The van der Waals surface area contributed by atoms with Gasteiger partial charge in [-0.3, -0.25) is 0 Å². The molecule has 3 aromatic heterocycles. The summed E-state index contributed by atoms with van der Waals surface area (Å²) >= 11 is 0. The molecule has 4 heterocycles. The number of nitrogens with zero attached hydrogens (tertiary/aromatic N) is 8. The van der Waals surface area contributed by atoms with Crippen molar-refractivity contribution in [1.82, 2.24) is 29.9 Å². The fraction of sp³-hybridized carbons (Fsp3) is 0.364. The van der Waals surface area contributed by atoms with Crippen molar-refractivity contribution in [3.05, 3.63) is 48.2 Å². The minimum atomic E-state index is 0.00610. The lowest BCUT2D eigenvalue weighted by atomic mass is 10.1. The second-order valence-corrected chi connectivity index (χ2v) is 8.00. The zero-order valence-electron chi connectivity index (χ0n) is 17.8. The topological polar surface area (TPSA) is 119 Å². The van der Waals surface area contributed by atoms with Crippen molar-refractivity contribution >= 4 is 17.0 Å². The molecule has 10 nitrogen and oxygen atoms in total. The number of benzene rings is 1. The number of anilines is 1. The van der Waals surface area contributed by atoms with Gasteiger partial charge in [-0.05, 0) is 12.1 Å². The molecule has 0 radical (unpaired) electrons. The van der Waals surface area contributed by atoms with Crippen molar-refractivity contribution in [3.63, 3.8) is 0 Å². The molecule has 1 saturated heterocycles. The fourth-order valence-electron chi connectivity index (χ4n) is 3.76. The van der Waals surface area contributed by atoms with Gasteiger partial charge in [0.25, 0.3) is 0 Å². The predicted octanol–water partition coefficient (Wildman–Crippen LogP) is 3.24. The summed E-state index contributed by atoms with van der Waals surface area (Å²) in [4.78, 5) is 15.3. The monoisotopic (exact) mass is 430 g/mol. The van der Waals surface area contributed by atoms with Crippen LogP contribution in [-0.4, -0.2) is 49.1 Å². The highest BCUT2D eigenvalue weighted by Crippen LogP contribution is 2.28. The Bertz CT molecular complexity index is 1280. The molecule has 0 bridgehead atoms. The van der Waals surface area contributed by atoms with E-state index in [4.69, 9.17) is 9.26 Å². The number of rotatable bonds is 5. The second-order valence-electron chi connectivity index (χ2n) is 8.00. The third kappa shape index (κ3) is 3.62. The molecule has 0 saturated carbocycles. The van der Waals surface area contributed by atoms with Gasteiger partial charge >= 0.3 is 6.01 Å². The van der Waals surface area contributed by atoms with Gasteiger partial charge in [-0.1, -0.05) is 31.1 Å². The van der Waals surface area contributed by atoms with E-state index in [0.717, 1.165) is 31.8 Å². The smallest absolute Gasteiger partial charge is 0.324 e. The van der Waals surface area contributed by atoms with Crippen LogP contribution in [0.1, 0.15) is 44.0 Å². The number of para-hydroxylation sites is 1. The van der Waals surface area contributed by atoms with Crippen LogP contribution < -0.4 is 9.64 Å². The van der Waals surface area contributed by atoms with Crippen molar-refractivity contribution < 1.29 is 9.26 Å². The molecule has 0 atom stereocenters. The highest BCUT2D eigenvalue weighted by molar-refractivity contribution is 5.81. The number of nitriles is 1. The first-order valence-electron chi connectivity index (χ1n) is 10.6. The van der Waals surface area contributed by atoms with Crippen LogP contribution in [0, 0.1) is 11.3 Å². The van der Waals surface area contributed by atoms with Crippen LogP contribution in [0.5, 0.6) is 5.88 Å². The Morgan fingerprint density at radius 2 is 2.00 bits per heavy atom. The third-order valence-corrected chi connectivity index (χ3v) is 5.52. The van der Waals surface area contributed by atoms with E-state index < -0.39 is 0 Å². The molecule has 1 fully saturated rings. The number of aromatic nitrogens is 6. The summed E-state index contributed by atoms with van der Waals surface area (Å²) in [6.07, 6.45) is 4.75. The van der Waals surface area contributed by atoms with Crippen LogP contribution >= 0.6 is 0 Å². The van der Waals surface area contributed by atoms with Gasteiger partial charge in [0, 0.05) is 31.8 Å². The van der Waals surface area contributed by atoms with Gasteiger partial charge in [-0.25, -0.2) is 14.6 Å². The third-order valence-electron chi connectivity index (χ3n) is 5.52. The van der Waals surface area contributed by atoms with Gasteiger partial charge in [-0.2, -0.15) is 15.3 Å². The number of hydrogen-bond donors (Lipinski definition) is 0. The van der Waals surface area contributed by atoms with E-state index >= 15 is 0 Å². The zero-order valence-corrected chi connectivity index (χ0v) is 17.8. The first kappa shape index (κ1) is 19.9. The summed E-state index contributed by atoms with van der Waals surface area (Å²) in [5, 5.41) is 18.6. The molecule has 10 heteroatoms. The number of hydrogen-bond acceptors (Lipinski definition) is 9. The van der Waals surface area contributed by atoms with Crippen molar-refractivity contribution in [2.45, 2.75) is 38.7 Å². The average molecular weight is 430 g/mol. The van der Waals surface area contributed by atoms with E-state index in [2.05, 4.69) is 36.2 Å². The molecular weight excluding hydrogens is 408 g/mol. The minimum absolute atomic E-state index is 0.00610.